The van der Waals surface area contributed by atoms with E-state index in [9.17, 15) is 19.2 Å². The standard InChI is InChI=1S/2C14H12N4O2/c2*15-5-1-2-6(16)10-9(5)13(19)11-7(17)3-4-8(18)12(11)14(10)20/h2*1-4H,15-18H2. The molecule has 0 aromatic heterocycles. The van der Waals surface area contributed by atoms with Crippen molar-refractivity contribution in [2.45, 2.75) is 0 Å². The summed E-state index contributed by atoms with van der Waals surface area (Å²) in [6, 6.07) is 11.9. The van der Waals surface area contributed by atoms with Gasteiger partial charge in [-0.2, -0.15) is 0 Å². The van der Waals surface area contributed by atoms with Crippen molar-refractivity contribution in [3.05, 3.63) is 93.0 Å². The number of nitrogens with two attached hydrogens (primary N) is 8. The molecule has 4 aromatic carbocycles. The molecule has 0 aliphatic heterocycles. The third-order valence-corrected chi connectivity index (χ3v) is 6.90. The van der Waals surface area contributed by atoms with Crippen molar-refractivity contribution in [3.8, 4) is 0 Å². The van der Waals surface area contributed by atoms with E-state index >= 15 is 0 Å². The molecule has 0 spiro atoms. The van der Waals surface area contributed by atoms with Crippen LogP contribution in [0.3, 0.4) is 0 Å². The Balaban J connectivity index is 0.000000161. The fourth-order valence-corrected chi connectivity index (χ4v) is 5.00. The van der Waals surface area contributed by atoms with Gasteiger partial charge in [-0.05, 0) is 48.5 Å². The topological polar surface area (TPSA) is 276 Å². The Morgan fingerprint density at radius 3 is 0.450 bits per heavy atom. The van der Waals surface area contributed by atoms with Crippen LogP contribution in [0.5, 0.6) is 0 Å². The van der Waals surface area contributed by atoms with Crippen LogP contribution in [0.4, 0.5) is 45.5 Å². The van der Waals surface area contributed by atoms with Crippen molar-refractivity contribution in [1.29, 1.82) is 0 Å². The zero-order valence-electron chi connectivity index (χ0n) is 20.9. The molecule has 12 nitrogen and oxygen atoms in total. The molecule has 0 heterocycles. The Morgan fingerprint density at radius 2 is 0.350 bits per heavy atom. The quantitative estimate of drug-likeness (QED) is 0.128. The maximum Gasteiger partial charge on any atom is 0.198 e. The Morgan fingerprint density at radius 1 is 0.250 bits per heavy atom. The molecule has 0 atom stereocenters. The number of hydrogen-bond donors (Lipinski definition) is 8. The average Bonchev–Trinajstić information content (AvgIpc) is 2.91. The van der Waals surface area contributed by atoms with Gasteiger partial charge in [0.05, 0.1) is 44.5 Å². The lowest BCUT2D eigenvalue weighted by Crippen LogP contribution is -2.26. The number of carbonyl (C=O) groups excluding carboxylic acids is 4. The molecule has 2 aliphatic rings. The van der Waals surface area contributed by atoms with Crippen LogP contribution in [0.2, 0.25) is 0 Å². The molecule has 2 aliphatic carbocycles. The third kappa shape index (κ3) is 3.47. The fourth-order valence-electron chi connectivity index (χ4n) is 5.00. The highest BCUT2D eigenvalue weighted by Gasteiger charge is 2.37. The predicted molar refractivity (Wildman–Crippen MR) is 155 cm³/mol. The van der Waals surface area contributed by atoms with Gasteiger partial charge in [-0.1, -0.05) is 0 Å². The molecule has 0 amide bonds. The van der Waals surface area contributed by atoms with E-state index in [4.69, 9.17) is 45.9 Å². The average molecular weight is 537 g/mol. The molecular formula is C28H24N8O4. The molecule has 40 heavy (non-hydrogen) atoms. The first kappa shape index (κ1) is 25.6. The molecule has 12 heteroatoms. The first-order chi connectivity index (χ1) is 18.9. The van der Waals surface area contributed by atoms with Crippen molar-refractivity contribution in [2.75, 3.05) is 45.9 Å². The van der Waals surface area contributed by atoms with Crippen LogP contribution in [-0.2, 0) is 0 Å². The predicted octanol–water partition coefficient (Wildman–Crippen LogP) is 1.58. The second-order valence-electron chi connectivity index (χ2n) is 9.29. The number of anilines is 8. The van der Waals surface area contributed by atoms with Crippen LogP contribution in [0.15, 0.2) is 48.5 Å². The van der Waals surface area contributed by atoms with E-state index in [1.165, 1.54) is 48.5 Å². The molecule has 0 unspecified atom stereocenters. The van der Waals surface area contributed by atoms with Gasteiger partial charge < -0.3 is 45.9 Å². The van der Waals surface area contributed by atoms with Crippen LogP contribution in [0, 0.1) is 0 Å². The highest BCUT2D eigenvalue weighted by atomic mass is 16.1. The number of hydrogen-bond acceptors (Lipinski definition) is 12. The summed E-state index contributed by atoms with van der Waals surface area (Å²) in [4.78, 5) is 50.3. The summed E-state index contributed by atoms with van der Waals surface area (Å²) >= 11 is 0. The van der Waals surface area contributed by atoms with Crippen molar-refractivity contribution in [1.82, 2.24) is 0 Å². The minimum atomic E-state index is -0.427. The number of nitrogen functional groups attached to an aromatic ring is 8. The first-order valence-electron chi connectivity index (χ1n) is 11.8. The molecule has 0 bridgehead atoms. The van der Waals surface area contributed by atoms with E-state index < -0.39 is 23.1 Å². The van der Waals surface area contributed by atoms with Gasteiger partial charge in [0, 0.05) is 45.5 Å². The van der Waals surface area contributed by atoms with E-state index in [1.807, 2.05) is 0 Å². The molecule has 4 aromatic rings. The van der Waals surface area contributed by atoms with E-state index in [0.29, 0.717) is 0 Å². The van der Waals surface area contributed by atoms with Crippen LogP contribution < -0.4 is 45.9 Å². The van der Waals surface area contributed by atoms with E-state index in [0.717, 1.165) is 0 Å². The minimum Gasteiger partial charge on any atom is -0.398 e. The summed E-state index contributed by atoms with van der Waals surface area (Å²) < 4.78 is 0. The van der Waals surface area contributed by atoms with Gasteiger partial charge in [0.25, 0.3) is 0 Å². The number of fused-ring (bicyclic) bond motifs is 4. The highest BCUT2D eigenvalue weighted by molar-refractivity contribution is 6.35. The largest absolute Gasteiger partial charge is 0.398 e. The van der Waals surface area contributed by atoms with Gasteiger partial charge in [-0.3, -0.25) is 19.2 Å². The van der Waals surface area contributed by atoms with Gasteiger partial charge in [-0.15, -0.1) is 0 Å². The van der Waals surface area contributed by atoms with Gasteiger partial charge in [0.2, 0.25) is 0 Å². The molecular weight excluding hydrogens is 512 g/mol. The Kier molecular flexibility index (Phi) is 5.61. The lowest BCUT2D eigenvalue weighted by Gasteiger charge is -2.22. The summed E-state index contributed by atoms with van der Waals surface area (Å²) in [5.41, 5.74) is 48.8. The normalized spacial score (nSPS) is 13.0. The van der Waals surface area contributed by atoms with Crippen LogP contribution in [0.1, 0.15) is 63.7 Å². The summed E-state index contributed by atoms with van der Waals surface area (Å²) in [6.45, 7) is 0. The lowest BCUT2D eigenvalue weighted by atomic mass is 9.81. The van der Waals surface area contributed by atoms with Crippen LogP contribution in [0.25, 0.3) is 0 Å². The number of rotatable bonds is 0. The van der Waals surface area contributed by atoms with Crippen LogP contribution >= 0.6 is 0 Å². The monoisotopic (exact) mass is 536 g/mol. The Labute approximate surface area is 226 Å². The highest BCUT2D eigenvalue weighted by Crippen LogP contribution is 2.40. The fraction of sp³-hybridized carbons (Fsp3) is 0. The summed E-state index contributed by atoms with van der Waals surface area (Å²) in [5, 5.41) is 0. The molecule has 0 saturated carbocycles. The summed E-state index contributed by atoms with van der Waals surface area (Å²) in [7, 11) is 0. The molecule has 200 valence electrons. The molecule has 6 rings (SSSR count). The van der Waals surface area contributed by atoms with E-state index in [-0.39, 0.29) is 90.0 Å². The van der Waals surface area contributed by atoms with E-state index in [1.54, 1.807) is 0 Å². The molecule has 0 fully saturated rings. The maximum atomic E-state index is 12.6. The van der Waals surface area contributed by atoms with Gasteiger partial charge in [0.1, 0.15) is 0 Å². The number of benzene rings is 4. The van der Waals surface area contributed by atoms with Gasteiger partial charge in [-0.25, -0.2) is 0 Å². The zero-order valence-corrected chi connectivity index (χ0v) is 20.9. The van der Waals surface area contributed by atoms with Crippen molar-refractivity contribution in [3.63, 3.8) is 0 Å². The van der Waals surface area contributed by atoms with Crippen molar-refractivity contribution >= 4 is 68.6 Å². The Bertz CT molecular complexity index is 1470. The maximum absolute atomic E-state index is 12.6. The summed E-state index contributed by atoms with van der Waals surface area (Å²) in [5.74, 6) is -1.71. The smallest absolute Gasteiger partial charge is 0.198 e. The lowest BCUT2D eigenvalue weighted by molar-refractivity contribution is 0.0981. The summed E-state index contributed by atoms with van der Waals surface area (Å²) in [6.07, 6.45) is 0. The molecule has 0 saturated heterocycles. The first-order valence-corrected chi connectivity index (χ1v) is 11.8. The van der Waals surface area contributed by atoms with E-state index in [2.05, 4.69) is 0 Å². The van der Waals surface area contributed by atoms with Crippen LogP contribution in [-0.4, -0.2) is 23.1 Å². The minimum absolute atomic E-state index is 0.0970. The Hall–Kier alpha value is -6.04. The second kappa shape index (κ2) is 8.77. The number of ketones is 4. The van der Waals surface area contributed by atoms with Gasteiger partial charge in [0.15, 0.2) is 23.1 Å². The second-order valence-corrected chi connectivity index (χ2v) is 9.29. The zero-order chi connectivity index (χ0) is 29.2. The van der Waals surface area contributed by atoms with Crippen molar-refractivity contribution < 1.29 is 19.2 Å². The van der Waals surface area contributed by atoms with Gasteiger partial charge >= 0.3 is 0 Å². The number of carbonyl (C=O) groups is 4. The third-order valence-electron chi connectivity index (χ3n) is 6.90. The molecule has 16 N–H and O–H groups in total. The molecule has 0 radical (unpaired) electrons. The SMILES string of the molecule is Nc1ccc(N)c2c1C(=O)c1c(N)ccc(N)c1C2=O.Nc1ccc(N)c2c1C(=O)c1c(N)ccc(N)c1C2=O. The van der Waals surface area contributed by atoms with Crippen molar-refractivity contribution in [2.24, 2.45) is 0 Å².